The fourth-order valence-corrected chi connectivity index (χ4v) is 5.06. The smallest absolute Gasteiger partial charge is 0.0124 e. The van der Waals surface area contributed by atoms with E-state index in [4.69, 9.17) is 0 Å². The zero-order valence-corrected chi connectivity index (χ0v) is 12.7. The second-order valence-electron chi connectivity index (χ2n) is 7.19. The molecule has 1 aliphatic heterocycles. The molecule has 3 aliphatic rings. The van der Waals surface area contributed by atoms with E-state index in [9.17, 15) is 0 Å². The Labute approximate surface area is 119 Å². The van der Waals surface area contributed by atoms with E-state index in [0.717, 1.165) is 23.9 Å². The van der Waals surface area contributed by atoms with E-state index in [1.165, 1.54) is 77.3 Å². The van der Waals surface area contributed by atoms with E-state index in [1.807, 2.05) is 0 Å². The third-order valence-electron chi connectivity index (χ3n) is 6.11. The van der Waals surface area contributed by atoms with Crippen molar-refractivity contribution in [3.05, 3.63) is 0 Å². The SMILES string of the molecule is CNC1CCCCC1CN1CCC[C@H]2CCCC[C@H]21. The molecule has 2 saturated carbocycles. The number of fused-ring (bicyclic) bond motifs is 1. The number of hydrogen-bond donors (Lipinski definition) is 1. The highest BCUT2D eigenvalue weighted by molar-refractivity contribution is 4.90. The third kappa shape index (κ3) is 3.16. The second-order valence-corrected chi connectivity index (χ2v) is 7.19. The molecule has 110 valence electrons. The topological polar surface area (TPSA) is 15.3 Å². The monoisotopic (exact) mass is 264 g/mol. The van der Waals surface area contributed by atoms with Crippen LogP contribution >= 0.6 is 0 Å². The van der Waals surface area contributed by atoms with Gasteiger partial charge in [-0.25, -0.2) is 0 Å². The molecule has 3 fully saturated rings. The van der Waals surface area contributed by atoms with Crippen LogP contribution in [0.1, 0.15) is 64.2 Å². The molecule has 4 atom stereocenters. The molecule has 0 spiro atoms. The van der Waals surface area contributed by atoms with Crippen molar-refractivity contribution in [2.45, 2.75) is 76.3 Å². The summed E-state index contributed by atoms with van der Waals surface area (Å²) in [5, 5.41) is 3.59. The van der Waals surface area contributed by atoms with Gasteiger partial charge in [-0.15, -0.1) is 0 Å². The highest BCUT2D eigenvalue weighted by atomic mass is 15.2. The van der Waals surface area contributed by atoms with Crippen molar-refractivity contribution >= 4 is 0 Å². The van der Waals surface area contributed by atoms with Crippen LogP contribution in [0.3, 0.4) is 0 Å². The van der Waals surface area contributed by atoms with Crippen molar-refractivity contribution in [3.63, 3.8) is 0 Å². The van der Waals surface area contributed by atoms with Gasteiger partial charge in [-0.1, -0.05) is 25.7 Å². The lowest BCUT2D eigenvalue weighted by Gasteiger charge is -2.46. The van der Waals surface area contributed by atoms with Crippen molar-refractivity contribution in [1.29, 1.82) is 0 Å². The number of rotatable bonds is 3. The van der Waals surface area contributed by atoms with Crippen molar-refractivity contribution in [2.75, 3.05) is 20.1 Å². The van der Waals surface area contributed by atoms with Crippen LogP contribution in [0.15, 0.2) is 0 Å². The van der Waals surface area contributed by atoms with Gasteiger partial charge in [0.05, 0.1) is 0 Å². The molecule has 19 heavy (non-hydrogen) atoms. The molecule has 2 unspecified atom stereocenters. The summed E-state index contributed by atoms with van der Waals surface area (Å²) in [4.78, 5) is 2.90. The molecular weight excluding hydrogens is 232 g/mol. The predicted octanol–water partition coefficient (Wildman–Crippen LogP) is 3.42. The van der Waals surface area contributed by atoms with Crippen molar-refractivity contribution < 1.29 is 0 Å². The summed E-state index contributed by atoms with van der Waals surface area (Å²) in [7, 11) is 2.17. The normalized spacial score (nSPS) is 40.9. The zero-order chi connectivity index (χ0) is 13.1. The van der Waals surface area contributed by atoms with Crippen molar-refractivity contribution in [1.82, 2.24) is 10.2 Å². The molecule has 1 saturated heterocycles. The summed E-state index contributed by atoms with van der Waals surface area (Å²) in [6.07, 6.45) is 14.7. The van der Waals surface area contributed by atoms with Gasteiger partial charge in [0.2, 0.25) is 0 Å². The van der Waals surface area contributed by atoms with Crippen LogP contribution in [-0.4, -0.2) is 37.1 Å². The summed E-state index contributed by atoms with van der Waals surface area (Å²) in [6, 6.07) is 1.74. The molecule has 2 aliphatic carbocycles. The lowest BCUT2D eigenvalue weighted by Crippen LogP contribution is -2.51. The Morgan fingerprint density at radius 2 is 1.63 bits per heavy atom. The molecule has 1 N–H and O–H groups in total. The number of piperidine rings is 1. The van der Waals surface area contributed by atoms with Gasteiger partial charge in [0.1, 0.15) is 0 Å². The maximum absolute atomic E-state index is 3.59. The van der Waals surface area contributed by atoms with Crippen molar-refractivity contribution in [3.8, 4) is 0 Å². The first-order valence-corrected chi connectivity index (χ1v) is 8.80. The number of hydrogen-bond acceptors (Lipinski definition) is 2. The summed E-state index contributed by atoms with van der Waals surface area (Å²) >= 11 is 0. The van der Waals surface area contributed by atoms with E-state index in [1.54, 1.807) is 0 Å². The van der Waals surface area contributed by atoms with Crippen LogP contribution in [-0.2, 0) is 0 Å². The van der Waals surface area contributed by atoms with E-state index >= 15 is 0 Å². The average Bonchev–Trinajstić information content (AvgIpc) is 2.48. The molecule has 0 amide bonds. The first-order chi connectivity index (χ1) is 9.38. The van der Waals surface area contributed by atoms with Crippen molar-refractivity contribution in [2.24, 2.45) is 11.8 Å². The Balaban J connectivity index is 1.60. The summed E-state index contributed by atoms with van der Waals surface area (Å²) in [5.74, 6) is 1.96. The summed E-state index contributed by atoms with van der Waals surface area (Å²) < 4.78 is 0. The van der Waals surface area contributed by atoms with Crippen LogP contribution in [0.5, 0.6) is 0 Å². The Bertz CT molecular complexity index is 276. The van der Waals surface area contributed by atoms with Crippen LogP contribution in [0.4, 0.5) is 0 Å². The van der Waals surface area contributed by atoms with E-state index in [0.29, 0.717) is 0 Å². The minimum Gasteiger partial charge on any atom is -0.317 e. The maximum Gasteiger partial charge on any atom is 0.0124 e. The largest absolute Gasteiger partial charge is 0.317 e. The predicted molar refractivity (Wildman–Crippen MR) is 81.4 cm³/mol. The number of nitrogens with zero attached hydrogens (tertiary/aromatic N) is 1. The van der Waals surface area contributed by atoms with E-state index < -0.39 is 0 Å². The van der Waals surface area contributed by atoms with E-state index in [-0.39, 0.29) is 0 Å². The molecule has 0 radical (unpaired) electrons. The van der Waals surface area contributed by atoms with Crippen LogP contribution < -0.4 is 5.32 Å². The highest BCUT2D eigenvalue weighted by Gasteiger charge is 2.35. The van der Waals surface area contributed by atoms with Crippen LogP contribution in [0.2, 0.25) is 0 Å². The van der Waals surface area contributed by atoms with Crippen LogP contribution in [0.25, 0.3) is 0 Å². The van der Waals surface area contributed by atoms with Gasteiger partial charge < -0.3 is 5.32 Å². The van der Waals surface area contributed by atoms with Gasteiger partial charge in [0.25, 0.3) is 0 Å². The quantitative estimate of drug-likeness (QED) is 0.840. The Hall–Kier alpha value is -0.0800. The molecule has 0 aromatic carbocycles. The molecule has 0 aromatic rings. The van der Waals surface area contributed by atoms with Gasteiger partial charge in [0, 0.05) is 18.6 Å². The van der Waals surface area contributed by atoms with Gasteiger partial charge >= 0.3 is 0 Å². The molecular formula is C17H32N2. The van der Waals surface area contributed by atoms with Crippen LogP contribution in [0, 0.1) is 11.8 Å². The lowest BCUT2D eigenvalue weighted by molar-refractivity contribution is 0.0374. The third-order valence-corrected chi connectivity index (χ3v) is 6.11. The summed E-state index contributed by atoms with van der Waals surface area (Å²) in [6.45, 7) is 2.76. The fraction of sp³-hybridized carbons (Fsp3) is 1.00. The van der Waals surface area contributed by atoms with E-state index in [2.05, 4.69) is 17.3 Å². The minimum absolute atomic E-state index is 0.790. The second kappa shape index (κ2) is 6.58. The number of nitrogens with one attached hydrogen (secondary N) is 1. The Morgan fingerprint density at radius 3 is 2.53 bits per heavy atom. The average molecular weight is 264 g/mol. The Morgan fingerprint density at radius 1 is 0.895 bits per heavy atom. The number of likely N-dealkylation sites (tertiary alicyclic amines) is 1. The minimum atomic E-state index is 0.790. The molecule has 0 bridgehead atoms. The fourth-order valence-electron chi connectivity index (χ4n) is 5.06. The lowest BCUT2D eigenvalue weighted by atomic mass is 9.77. The first-order valence-electron chi connectivity index (χ1n) is 8.80. The van der Waals surface area contributed by atoms with Gasteiger partial charge in [-0.2, -0.15) is 0 Å². The Kier molecular flexibility index (Phi) is 4.81. The highest BCUT2D eigenvalue weighted by Crippen LogP contribution is 2.36. The standard InChI is InChI=1S/C17H32N2/c1-18-16-10-4-2-8-15(16)13-19-12-6-9-14-7-3-5-11-17(14)19/h14-18H,2-13H2,1H3/t14-,15?,16?,17-/m1/s1. The molecule has 1 heterocycles. The molecule has 3 rings (SSSR count). The molecule has 2 heteroatoms. The zero-order valence-electron chi connectivity index (χ0n) is 12.7. The molecule has 2 nitrogen and oxygen atoms in total. The first kappa shape index (κ1) is 13.9. The van der Waals surface area contributed by atoms with Gasteiger partial charge in [0.15, 0.2) is 0 Å². The maximum atomic E-state index is 3.59. The summed E-state index contributed by atoms with van der Waals surface area (Å²) in [5.41, 5.74) is 0. The van der Waals surface area contributed by atoms with Gasteiger partial charge in [-0.3, -0.25) is 4.90 Å². The molecule has 0 aromatic heterocycles. The van der Waals surface area contributed by atoms with Gasteiger partial charge in [-0.05, 0) is 64.0 Å².